The zero-order valence-electron chi connectivity index (χ0n) is 10.2. The average Bonchev–Trinajstić information content (AvgIpc) is 2.47. The van der Waals surface area contributed by atoms with Crippen LogP contribution < -0.4 is 5.32 Å². The minimum absolute atomic E-state index is 0.751. The predicted molar refractivity (Wildman–Crippen MR) is 62.5 cm³/mol. The molecule has 1 fully saturated rings. The molecule has 1 aliphatic heterocycles. The van der Waals surface area contributed by atoms with Crippen molar-refractivity contribution in [3.63, 3.8) is 0 Å². The molecule has 1 rings (SSSR count). The largest absolute Gasteiger partial charge is 0.317 e. The van der Waals surface area contributed by atoms with E-state index < -0.39 is 0 Å². The Morgan fingerprint density at radius 2 is 1.86 bits per heavy atom. The fraction of sp³-hybridized carbons (Fsp3) is 1.00. The van der Waals surface area contributed by atoms with Gasteiger partial charge in [0.1, 0.15) is 0 Å². The van der Waals surface area contributed by atoms with E-state index in [4.69, 9.17) is 0 Å². The van der Waals surface area contributed by atoms with Gasteiger partial charge in [0.25, 0.3) is 0 Å². The molecule has 0 amide bonds. The Kier molecular flexibility index (Phi) is 4.90. The van der Waals surface area contributed by atoms with Gasteiger partial charge in [0, 0.05) is 19.1 Å². The summed E-state index contributed by atoms with van der Waals surface area (Å²) in [7, 11) is 0. The molecule has 1 saturated heterocycles. The van der Waals surface area contributed by atoms with E-state index in [0.29, 0.717) is 0 Å². The molecule has 0 aromatic heterocycles. The zero-order valence-corrected chi connectivity index (χ0v) is 10.2. The number of rotatable bonds is 5. The van der Waals surface area contributed by atoms with Crippen molar-refractivity contribution in [1.82, 2.24) is 10.2 Å². The second-order valence-electron chi connectivity index (χ2n) is 4.90. The number of hydrogen-bond acceptors (Lipinski definition) is 2. The lowest BCUT2D eigenvalue weighted by molar-refractivity contribution is 0.235. The number of nitrogens with one attached hydrogen (secondary N) is 1. The Hall–Kier alpha value is -0.0800. The molecule has 0 bridgehead atoms. The Morgan fingerprint density at radius 1 is 1.29 bits per heavy atom. The molecule has 0 aromatic rings. The van der Waals surface area contributed by atoms with Crippen molar-refractivity contribution in [2.24, 2.45) is 11.8 Å². The van der Waals surface area contributed by atoms with Crippen LogP contribution in [0.1, 0.15) is 34.1 Å². The topological polar surface area (TPSA) is 15.3 Å². The van der Waals surface area contributed by atoms with Crippen molar-refractivity contribution in [3.8, 4) is 0 Å². The van der Waals surface area contributed by atoms with E-state index in [9.17, 15) is 0 Å². The fourth-order valence-electron chi connectivity index (χ4n) is 2.20. The maximum Gasteiger partial charge on any atom is 0.00792 e. The summed E-state index contributed by atoms with van der Waals surface area (Å²) in [5, 5.41) is 3.40. The van der Waals surface area contributed by atoms with Gasteiger partial charge in [0.15, 0.2) is 0 Å². The molecule has 1 N–H and O–H groups in total. The first-order valence-corrected chi connectivity index (χ1v) is 6.09. The molecule has 0 aromatic carbocycles. The first-order valence-electron chi connectivity index (χ1n) is 6.09. The summed E-state index contributed by atoms with van der Waals surface area (Å²) in [6.07, 6.45) is 1.28. The van der Waals surface area contributed by atoms with E-state index in [1.165, 1.54) is 19.5 Å². The smallest absolute Gasteiger partial charge is 0.00792 e. The van der Waals surface area contributed by atoms with Gasteiger partial charge in [-0.1, -0.05) is 20.8 Å². The van der Waals surface area contributed by atoms with Crippen LogP contribution in [0.15, 0.2) is 0 Å². The van der Waals surface area contributed by atoms with Crippen LogP contribution in [0, 0.1) is 11.8 Å². The summed E-state index contributed by atoms with van der Waals surface area (Å²) >= 11 is 0. The highest BCUT2D eigenvalue weighted by Gasteiger charge is 2.28. The van der Waals surface area contributed by atoms with Gasteiger partial charge in [0.05, 0.1) is 0 Å². The summed E-state index contributed by atoms with van der Waals surface area (Å²) in [4.78, 5) is 2.65. The lowest BCUT2D eigenvalue weighted by Crippen LogP contribution is -2.33. The predicted octanol–water partition coefficient (Wildman–Crippen LogP) is 1.96. The van der Waals surface area contributed by atoms with Gasteiger partial charge in [-0.05, 0) is 38.3 Å². The molecular formula is C12H26N2. The summed E-state index contributed by atoms with van der Waals surface area (Å²) < 4.78 is 0. The van der Waals surface area contributed by atoms with Crippen molar-refractivity contribution >= 4 is 0 Å². The maximum absolute atomic E-state index is 3.40. The molecule has 14 heavy (non-hydrogen) atoms. The molecule has 3 unspecified atom stereocenters. The monoisotopic (exact) mass is 198 g/mol. The second-order valence-corrected chi connectivity index (χ2v) is 4.90. The Labute approximate surface area is 89.1 Å². The summed E-state index contributed by atoms with van der Waals surface area (Å²) in [5.41, 5.74) is 0. The van der Waals surface area contributed by atoms with Gasteiger partial charge in [-0.2, -0.15) is 0 Å². The molecule has 2 heteroatoms. The minimum atomic E-state index is 0.751. The third kappa shape index (κ3) is 3.25. The first kappa shape index (κ1) is 12.0. The van der Waals surface area contributed by atoms with Crippen molar-refractivity contribution in [2.75, 3.05) is 26.2 Å². The molecule has 0 radical (unpaired) electrons. The van der Waals surface area contributed by atoms with Crippen molar-refractivity contribution < 1.29 is 0 Å². The summed E-state index contributed by atoms with van der Waals surface area (Å²) in [6.45, 7) is 14.1. The van der Waals surface area contributed by atoms with E-state index in [-0.39, 0.29) is 0 Å². The Morgan fingerprint density at radius 3 is 2.36 bits per heavy atom. The SMILES string of the molecule is CCNCCC(C)N1CC(C)C(C)C1. The van der Waals surface area contributed by atoms with Gasteiger partial charge in [-0.3, -0.25) is 0 Å². The highest BCUT2D eigenvalue weighted by molar-refractivity contribution is 4.82. The van der Waals surface area contributed by atoms with Crippen LogP contribution in [-0.4, -0.2) is 37.1 Å². The Balaban J connectivity index is 2.21. The van der Waals surface area contributed by atoms with Gasteiger partial charge >= 0.3 is 0 Å². The number of likely N-dealkylation sites (tertiary alicyclic amines) is 1. The molecule has 1 heterocycles. The van der Waals surface area contributed by atoms with Crippen LogP contribution in [0.3, 0.4) is 0 Å². The third-order valence-corrected chi connectivity index (χ3v) is 3.63. The molecule has 2 nitrogen and oxygen atoms in total. The van der Waals surface area contributed by atoms with E-state index in [2.05, 4.69) is 37.9 Å². The highest BCUT2D eigenvalue weighted by atomic mass is 15.2. The van der Waals surface area contributed by atoms with Gasteiger partial charge in [-0.15, -0.1) is 0 Å². The van der Waals surface area contributed by atoms with E-state index in [1.54, 1.807) is 0 Å². The maximum atomic E-state index is 3.40. The quantitative estimate of drug-likeness (QED) is 0.679. The number of nitrogens with zero attached hydrogens (tertiary/aromatic N) is 1. The van der Waals surface area contributed by atoms with Crippen molar-refractivity contribution in [1.29, 1.82) is 0 Å². The Bertz CT molecular complexity index is 148. The van der Waals surface area contributed by atoms with Crippen LogP contribution in [-0.2, 0) is 0 Å². The normalized spacial score (nSPS) is 30.9. The molecular weight excluding hydrogens is 172 g/mol. The lowest BCUT2D eigenvalue weighted by atomic mass is 10.0. The number of hydrogen-bond donors (Lipinski definition) is 1. The minimum Gasteiger partial charge on any atom is -0.317 e. The summed E-state index contributed by atoms with van der Waals surface area (Å²) in [6, 6.07) is 0.751. The second kappa shape index (κ2) is 5.72. The average molecular weight is 198 g/mol. The molecule has 0 saturated carbocycles. The van der Waals surface area contributed by atoms with E-state index in [0.717, 1.165) is 31.0 Å². The van der Waals surface area contributed by atoms with E-state index >= 15 is 0 Å². The fourth-order valence-corrected chi connectivity index (χ4v) is 2.20. The third-order valence-electron chi connectivity index (χ3n) is 3.63. The van der Waals surface area contributed by atoms with Gasteiger partial charge < -0.3 is 10.2 Å². The molecule has 84 valence electrons. The van der Waals surface area contributed by atoms with Crippen LogP contribution in [0.2, 0.25) is 0 Å². The van der Waals surface area contributed by atoms with E-state index in [1.807, 2.05) is 0 Å². The standard InChI is InChI=1S/C12H26N2/c1-5-13-7-6-12(4)14-8-10(2)11(3)9-14/h10-13H,5-9H2,1-4H3. The highest BCUT2D eigenvalue weighted by Crippen LogP contribution is 2.24. The van der Waals surface area contributed by atoms with Crippen LogP contribution in [0.4, 0.5) is 0 Å². The van der Waals surface area contributed by atoms with Gasteiger partial charge in [0.2, 0.25) is 0 Å². The van der Waals surface area contributed by atoms with Gasteiger partial charge in [-0.25, -0.2) is 0 Å². The van der Waals surface area contributed by atoms with Crippen LogP contribution in [0.5, 0.6) is 0 Å². The molecule has 1 aliphatic rings. The van der Waals surface area contributed by atoms with Crippen LogP contribution in [0.25, 0.3) is 0 Å². The van der Waals surface area contributed by atoms with Crippen molar-refractivity contribution in [2.45, 2.75) is 40.2 Å². The van der Waals surface area contributed by atoms with Crippen LogP contribution >= 0.6 is 0 Å². The van der Waals surface area contributed by atoms with Crippen molar-refractivity contribution in [3.05, 3.63) is 0 Å². The molecule has 3 atom stereocenters. The molecule has 0 aliphatic carbocycles. The zero-order chi connectivity index (χ0) is 10.6. The molecule has 0 spiro atoms. The summed E-state index contributed by atoms with van der Waals surface area (Å²) in [5.74, 6) is 1.77. The first-order chi connectivity index (χ1) is 6.65. The lowest BCUT2D eigenvalue weighted by Gasteiger charge is -2.24.